The molecule has 0 fully saturated rings. The third-order valence-corrected chi connectivity index (χ3v) is 4.51. The SMILES string of the molecule is COc1ccccc1CCN(C)C(=O)CN1C(=O)c2ccccc2C1=O. The first kappa shape index (κ1) is 17.7. The molecule has 0 bridgehead atoms. The molecule has 6 heteroatoms. The molecule has 6 nitrogen and oxygen atoms in total. The molecule has 0 spiro atoms. The van der Waals surface area contributed by atoms with Crippen LogP contribution in [0.3, 0.4) is 0 Å². The third-order valence-electron chi connectivity index (χ3n) is 4.51. The van der Waals surface area contributed by atoms with Gasteiger partial charge in [0.15, 0.2) is 0 Å². The van der Waals surface area contributed by atoms with Gasteiger partial charge < -0.3 is 9.64 Å². The molecule has 1 heterocycles. The maximum Gasteiger partial charge on any atom is 0.262 e. The fraction of sp³-hybridized carbons (Fsp3) is 0.250. The van der Waals surface area contributed by atoms with Crippen LogP contribution in [-0.4, -0.2) is 54.8 Å². The van der Waals surface area contributed by atoms with Crippen LogP contribution >= 0.6 is 0 Å². The van der Waals surface area contributed by atoms with Crippen LogP contribution in [0.4, 0.5) is 0 Å². The Kier molecular flexibility index (Phi) is 5.02. The molecule has 0 unspecified atom stereocenters. The molecule has 0 N–H and O–H groups in total. The molecule has 1 aliphatic heterocycles. The molecule has 0 saturated heterocycles. The van der Waals surface area contributed by atoms with E-state index in [9.17, 15) is 14.4 Å². The molecular weight excluding hydrogens is 332 g/mol. The van der Waals surface area contributed by atoms with Crippen LogP contribution < -0.4 is 4.74 Å². The second-order valence-corrected chi connectivity index (χ2v) is 6.12. The smallest absolute Gasteiger partial charge is 0.262 e. The summed E-state index contributed by atoms with van der Waals surface area (Å²) >= 11 is 0. The number of imide groups is 1. The maximum atomic E-state index is 12.5. The van der Waals surface area contributed by atoms with E-state index in [4.69, 9.17) is 4.74 Å². The number of nitrogens with zero attached hydrogens (tertiary/aromatic N) is 2. The van der Waals surface area contributed by atoms with Crippen molar-refractivity contribution in [3.8, 4) is 5.75 Å². The fourth-order valence-electron chi connectivity index (χ4n) is 2.96. The quantitative estimate of drug-likeness (QED) is 0.746. The summed E-state index contributed by atoms with van der Waals surface area (Å²) in [6, 6.07) is 14.2. The second kappa shape index (κ2) is 7.39. The Labute approximate surface area is 152 Å². The molecule has 1 aliphatic rings. The van der Waals surface area contributed by atoms with Crippen molar-refractivity contribution in [1.29, 1.82) is 0 Å². The first-order chi connectivity index (χ1) is 12.5. The zero-order valence-corrected chi connectivity index (χ0v) is 14.8. The summed E-state index contributed by atoms with van der Waals surface area (Å²) in [4.78, 5) is 39.7. The number of hydrogen-bond acceptors (Lipinski definition) is 4. The summed E-state index contributed by atoms with van der Waals surface area (Å²) < 4.78 is 5.31. The topological polar surface area (TPSA) is 66.9 Å². The molecule has 3 amide bonds. The number of rotatable bonds is 6. The zero-order chi connectivity index (χ0) is 18.7. The molecular formula is C20H20N2O4. The van der Waals surface area contributed by atoms with Crippen LogP contribution in [0.1, 0.15) is 26.3 Å². The van der Waals surface area contributed by atoms with Crippen molar-refractivity contribution in [3.05, 3.63) is 65.2 Å². The molecule has 2 aromatic carbocycles. The summed E-state index contributed by atoms with van der Waals surface area (Å²) in [6.07, 6.45) is 0.619. The van der Waals surface area contributed by atoms with Gasteiger partial charge in [0.25, 0.3) is 11.8 Å². The van der Waals surface area contributed by atoms with Gasteiger partial charge in [-0.15, -0.1) is 0 Å². The van der Waals surface area contributed by atoms with Gasteiger partial charge in [-0.1, -0.05) is 30.3 Å². The van der Waals surface area contributed by atoms with Crippen molar-refractivity contribution < 1.29 is 19.1 Å². The number of hydrogen-bond donors (Lipinski definition) is 0. The molecule has 0 aliphatic carbocycles. The summed E-state index contributed by atoms with van der Waals surface area (Å²) in [5.74, 6) is -0.350. The number of amides is 3. The Morgan fingerprint density at radius 3 is 2.19 bits per heavy atom. The van der Waals surface area contributed by atoms with E-state index < -0.39 is 11.8 Å². The van der Waals surface area contributed by atoms with Crippen molar-refractivity contribution in [2.75, 3.05) is 27.2 Å². The minimum atomic E-state index is -0.419. The van der Waals surface area contributed by atoms with Crippen LogP contribution in [0.15, 0.2) is 48.5 Å². The summed E-state index contributed by atoms with van der Waals surface area (Å²) in [5.41, 5.74) is 1.69. The van der Waals surface area contributed by atoms with E-state index in [0.29, 0.717) is 24.1 Å². The van der Waals surface area contributed by atoms with Crippen LogP contribution in [0, 0.1) is 0 Å². The number of carbonyl (C=O) groups is 3. The molecule has 0 radical (unpaired) electrons. The minimum Gasteiger partial charge on any atom is -0.496 e. The molecule has 0 aromatic heterocycles. The van der Waals surface area contributed by atoms with Crippen molar-refractivity contribution in [1.82, 2.24) is 9.80 Å². The highest BCUT2D eigenvalue weighted by Gasteiger charge is 2.36. The largest absolute Gasteiger partial charge is 0.496 e. The van der Waals surface area contributed by atoms with Gasteiger partial charge in [0.2, 0.25) is 5.91 Å². The standard InChI is InChI=1S/C20H20N2O4/c1-21(12-11-14-7-3-6-10-17(14)26-2)18(23)13-22-19(24)15-8-4-5-9-16(15)20(22)25/h3-10H,11-13H2,1-2H3. The van der Waals surface area contributed by atoms with Gasteiger partial charge in [0, 0.05) is 13.6 Å². The molecule has 0 saturated carbocycles. The van der Waals surface area contributed by atoms with Gasteiger partial charge in [0.1, 0.15) is 12.3 Å². The average molecular weight is 352 g/mol. The molecule has 3 rings (SSSR count). The van der Waals surface area contributed by atoms with E-state index in [1.165, 1.54) is 4.90 Å². The first-order valence-electron chi connectivity index (χ1n) is 8.34. The van der Waals surface area contributed by atoms with E-state index in [1.807, 2.05) is 24.3 Å². The van der Waals surface area contributed by atoms with Gasteiger partial charge in [-0.3, -0.25) is 19.3 Å². The van der Waals surface area contributed by atoms with Gasteiger partial charge in [-0.05, 0) is 30.2 Å². The minimum absolute atomic E-state index is 0.255. The number of ether oxygens (including phenoxy) is 1. The lowest BCUT2D eigenvalue weighted by Gasteiger charge is -2.21. The zero-order valence-electron chi connectivity index (χ0n) is 14.8. The number of carbonyl (C=O) groups excluding carboxylic acids is 3. The van der Waals surface area contributed by atoms with Gasteiger partial charge in [-0.2, -0.15) is 0 Å². The lowest BCUT2D eigenvalue weighted by molar-refractivity contribution is -0.130. The third kappa shape index (κ3) is 3.31. The first-order valence-corrected chi connectivity index (χ1v) is 8.34. The van der Waals surface area contributed by atoms with Crippen molar-refractivity contribution >= 4 is 17.7 Å². The Morgan fingerprint density at radius 2 is 1.58 bits per heavy atom. The van der Waals surface area contributed by atoms with E-state index >= 15 is 0 Å². The van der Waals surface area contributed by atoms with E-state index in [1.54, 1.807) is 38.4 Å². The van der Waals surface area contributed by atoms with Crippen molar-refractivity contribution in [2.45, 2.75) is 6.42 Å². The van der Waals surface area contributed by atoms with Gasteiger partial charge in [0.05, 0.1) is 18.2 Å². The maximum absolute atomic E-state index is 12.5. The number of fused-ring (bicyclic) bond motifs is 1. The fourth-order valence-corrected chi connectivity index (χ4v) is 2.96. The Hall–Kier alpha value is -3.15. The summed E-state index contributed by atoms with van der Waals surface area (Å²) in [6.45, 7) is 0.206. The van der Waals surface area contributed by atoms with Gasteiger partial charge >= 0.3 is 0 Å². The molecule has 26 heavy (non-hydrogen) atoms. The highest BCUT2D eigenvalue weighted by atomic mass is 16.5. The predicted octanol–water partition coefficient (Wildman–Crippen LogP) is 1.99. The van der Waals surface area contributed by atoms with Crippen LogP contribution in [0.2, 0.25) is 0 Å². The Morgan fingerprint density at radius 1 is 1.00 bits per heavy atom. The average Bonchev–Trinajstić information content (AvgIpc) is 2.91. The molecule has 2 aromatic rings. The summed E-state index contributed by atoms with van der Waals surface area (Å²) in [7, 11) is 3.27. The highest BCUT2D eigenvalue weighted by Crippen LogP contribution is 2.22. The lowest BCUT2D eigenvalue weighted by Crippen LogP contribution is -2.41. The normalized spacial score (nSPS) is 12.9. The molecule has 134 valence electrons. The van der Waals surface area contributed by atoms with Crippen LogP contribution in [0.5, 0.6) is 5.75 Å². The Balaban J connectivity index is 1.62. The predicted molar refractivity (Wildman–Crippen MR) is 96.1 cm³/mol. The molecule has 0 atom stereocenters. The van der Waals surface area contributed by atoms with Crippen LogP contribution in [-0.2, 0) is 11.2 Å². The van der Waals surface area contributed by atoms with E-state index in [-0.39, 0.29) is 12.5 Å². The van der Waals surface area contributed by atoms with Gasteiger partial charge in [-0.25, -0.2) is 0 Å². The van der Waals surface area contributed by atoms with Crippen LogP contribution in [0.25, 0.3) is 0 Å². The number of benzene rings is 2. The summed E-state index contributed by atoms with van der Waals surface area (Å²) in [5, 5.41) is 0. The number of methoxy groups -OCH3 is 1. The number of para-hydroxylation sites is 1. The second-order valence-electron chi connectivity index (χ2n) is 6.12. The van der Waals surface area contributed by atoms with Crippen molar-refractivity contribution in [2.24, 2.45) is 0 Å². The number of likely N-dealkylation sites (N-methyl/N-ethyl adjacent to an activating group) is 1. The highest BCUT2D eigenvalue weighted by molar-refractivity contribution is 6.22. The Bertz CT molecular complexity index is 827. The van der Waals surface area contributed by atoms with E-state index in [2.05, 4.69) is 0 Å². The van der Waals surface area contributed by atoms with E-state index in [0.717, 1.165) is 16.2 Å². The van der Waals surface area contributed by atoms with Crippen molar-refractivity contribution in [3.63, 3.8) is 0 Å². The monoisotopic (exact) mass is 352 g/mol. The lowest BCUT2D eigenvalue weighted by atomic mass is 10.1.